The molecule has 0 spiro atoms. The number of urea groups is 1. The highest BCUT2D eigenvalue weighted by atomic mass is 16.2. The van der Waals surface area contributed by atoms with E-state index in [0.717, 1.165) is 5.56 Å². The fourth-order valence-corrected chi connectivity index (χ4v) is 1.73. The Kier molecular flexibility index (Phi) is 7.08. The van der Waals surface area contributed by atoms with Crippen LogP contribution in [0.15, 0.2) is 24.3 Å². The molecule has 0 fully saturated rings. The van der Waals surface area contributed by atoms with Gasteiger partial charge in [-0.1, -0.05) is 29.8 Å². The van der Waals surface area contributed by atoms with Crippen LogP contribution in [0, 0.1) is 6.92 Å². The van der Waals surface area contributed by atoms with Crippen LogP contribution in [0.25, 0.3) is 0 Å². The standard InChI is InChI=1S/C16H23N3O3/c1-12-4-6-13(7-5-12)14(20)8-9-15(21)17-10-11-18-16(22)19(2)3/h4-7H,8-11H2,1-3H3,(H,17,21)(H,18,22). The molecule has 1 rings (SSSR count). The molecule has 0 aliphatic rings. The summed E-state index contributed by atoms with van der Waals surface area (Å²) < 4.78 is 0. The van der Waals surface area contributed by atoms with Crippen molar-refractivity contribution in [2.45, 2.75) is 19.8 Å². The molecular formula is C16H23N3O3. The molecule has 22 heavy (non-hydrogen) atoms. The number of amides is 3. The molecule has 0 radical (unpaired) electrons. The van der Waals surface area contributed by atoms with Gasteiger partial charge in [-0.15, -0.1) is 0 Å². The molecule has 0 atom stereocenters. The van der Waals surface area contributed by atoms with Crippen molar-refractivity contribution in [3.8, 4) is 0 Å². The van der Waals surface area contributed by atoms with E-state index in [1.54, 1.807) is 26.2 Å². The maximum atomic E-state index is 11.9. The topological polar surface area (TPSA) is 78.5 Å². The monoisotopic (exact) mass is 305 g/mol. The van der Waals surface area contributed by atoms with Crippen LogP contribution >= 0.6 is 0 Å². The van der Waals surface area contributed by atoms with Crippen molar-refractivity contribution in [3.05, 3.63) is 35.4 Å². The molecule has 6 nitrogen and oxygen atoms in total. The van der Waals surface area contributed by atoms with E-state index in [1.165, 1.54) is 4.90 Å². The number of nitrogens with zero attached hydrogens (tertiary/aromatic N) is 1. The van der Waals surface area contributed by atoms with Crippen molar-refractivity contribution in [1.29, 1.82) is 0 Å². The van der Waals surface area contributed by atoms with E-state index in [9.17, 15) is 14.4 Å². The number of ketones is 1. The van der Waals surface area contributed by atoms with Crippen molar-refractivity contribution < 1.29 is 14.4 Å². The highest BCUT2D eigenvalue weighted by Gasteiger charge is 2.09. The number of aryl methyl sites for hydroxylation is 1. The molecule has 0 unspecified atom stereocenters. The van der Waals surface area contributed by atoms with Gasteiger partial charge in [-0.3, -0.25) is 9.59 Å². The van der Waals surface area contributed by atoms with Gasteiger partial charge < -0.3 is 15.5 Å². The molecule has 120 valence electrons. The Hall–Kier alpha value is -2.37. The zero-order valence-electron chi connectivity index (χ0n) is 13.3. The number of hydrogen-bond donors (Lipinski definition) is 2. The third-order valence-electron chi connectivity index (χ3n) is 3.08. The summed E-state index contributed by atoms with van der Waals surface area (Å²) in [6.07, 6.45) is 0.327. The molecule has 3 amide bonds. The van der Waals surface area contributed by atoms with Gasteiger partial charge in [-0.25, -0.2) is 4.79 Å². The largest absolute Gasteiger partial charge is 0.354 e. The molecule has 6 heteroatoms. The second-order valence-electron chi connectivity index (χ2n) is 5.27. The van der Waals surface area contributed by atoms with Crippen molar-refractivity contribution in [1.82, 2.24) is 15.5 Å². The fraction of sp³-hybridized carbons (Fsp3) is 0.438. The van der Waals surface area contributed by atoms with Gasteiger partial charge in [0.15, 0.2) is 5.78 Å². The summed E-state index contributed by atoms with van der Waals surface area (Å²) in [5, 5.41) is 5.31. The summed E-state index contributed by atoms with van der Waals surface area (Å²) in [7, 11) is 3.29. The third kappa shape index (κ3) is 6.39. The molecule has 0 bridgehead atoms. The first-order valence-electron chi connectivity index (χ1n) is 7.22. The first-order chi connectivity index (χ1) is 10.4. The lowest BCUT2D eigenvalue weighted by Gasteiger charge is -2.12. The Morgan fingerprint density at radius 3 is 2.14 bits per heavy atom. The van der Waals surface area contributed by atoms with E-state index >= 15 is 0 Å². The summed E-state index contributed by atoms with van der Waals surface area (Å²) >= 11 is 0. The second kappa shape index (κ2) is 8.81. The minimum Gasteiger partial charge on any atom is -0.354 e. The van der Waals surface area contributed by atoms with Crippen molar-refractivity contribution in [2.24, 2.45) is 0 Å². The predicted molar refractivity (Wildman–Crippen MR) is 84.8 cm³/mol. The van der Waals surface area contributed by atoms with Gasteiger partial charge in [0.05, 0.1) is 0 Å². The number of hydrogen-bond acceptors (Lipinski definition) is 3. The van der Waals surface area contributed by atoms with Crippen LogP contribution in [-0.4, -0.2) is 49.8 Å². The van der Waals surface area contributed by atoms with Crippen LogP contribution in [0.3, 0.4) is 0 Å². The zero-order valence-corrected chi connectivity index (χ0v) is 13.3. The van der Waals surface area contributed by atoms with Crippen LogP contribution < -0.4 is 10.6 Å². The molecule has 0 saturated heterocycles. The molecule has 1 aromatic rings. The number of rotatable bonds is 7. The second-order valence-corrected chi connectivity index (χ2v) is 5.27. The minimum absolute atomic E-state index is 0.0453. The number of benzene rings is 1. The van der Waals surface area contributed by atoms with E-state index in [-0.39, 0.29) is 30.6 Å². The molecule has 0 heterocycles. The van der Waals surface area contributed by atoms with Gasteiger partial charge in [-0.2, -0.15) is 0 Å². The lowest BCUT2D eigenvalue weighted by Crippen LogP contribution is -2.39. The van der Waals surface area contributed by atoms with Crippen LogP contribution in [-0.2, 0) is 4.79 Å². The minimum atomic E-state index is -0.205. The van der Waals surface area contributed by atoms with E-state index < -0.39 is 0 Å². The summed E-state index contributed by atoms with van der Waals surface area (Å²) in [5.74, 6) is -0.240. The molecule has 0 aliphatic heterocycles. The third-order valence-corrected chi connectivity index (χ3v) is 3.08. The lowest BCUT2D eigenvalue weighted by atomic mass is 10.1. The number of carbonyl (C=O) groups is 3. The van der Waals surface area contributed by atoms with Gasteiger partial charge in [0.2, 0.25) is 5.91 Å². The Bertz CT molecular complexity index is 524. The van der Waals surface area contributed by atoms with Gasteiger partial charge in [-0.05, 0) is 6.92 Å². The smallest absolute Gasteiger partial charge is 0.316 e. The number of nitrogens with one attached hydrogen (secondary N) is 2. The van der Waals surface area contributed by atoms with Gasteiger partial charge >= 0.3 is 6.03 Å². The first-order valence-corrected chi connectivity index (χ1v) is 7.22. The maximum absolute atomic E-state index is 11.9. The Labute approximate surface area is 130 Å². The summed E-state index contributed by atoms with van der Waals surface area (Å²) in [6.45, 7) is 2.66. The van der Waals surface area contributed by atoms with Gasteiger partial charge in [0.1, 0.15) is 0 Å². The average molecular weight is 305 g/mol. The van der Waals surface area contributed by atoms with Crippen molar-refractivity contribution in [2.75, 3.05) is 27.2 Å². The zero-order chi connectivity index (χ0) is 16.5. The van der Waals surface area contributed by atoms with Crippen molar-refractivity contribution >= 4 is 17.7 Å². The lowest BCUT2D eigenvalue weighted by molar-refractivity contribution is -0.121. The van der Waals surface area contributed by atoms with E-state index in [1.807, 2.05) is 19.1 Å². The molecule has 2 N–H and O–H groups in total. The highest BCUT2D eigenvalue weighted by molar-refractivity contribution is 5.97. The van der Waals surface area contributed by atoms with Crippen LogP contribution in [0.4, 0.5) is 4.79 Å². The Balaban J connectivity index is 2.21. The molecule has 0 saturated carbocycles. The molecule has 0 aromatic heterocycles. The van der Waals surface area contributed by atoms with E-state index in [4.69, 9.17) is 0 Å². The SMILES string of the molecule is Cc1ccc(C(=O)CCC(=O)NCCNC(=O)N(C)C)cc1. The van der Waals surface area contributed by atoms with Crippen LogP contribution in [0.5, 0.6) is 0 Å². The van der Waals surface area contributed by atoms with Crippen LogP contribution in [0.2, 0.25) is 0 Å². The number of Topliss-reactive ketones (excluding diaryl/α,β-unsaturated/α-hetero) is 1. The average Bonchev–Trinajstić information content (AvgIpc) is 2.49. The summed E-state index contributed by atoms with van der Waals surface area (Å²) in [5.41, 5.74) is 1.71. The van der Waals surface area contributed by atoms with Gasteiger partial charge in [0.25, 0.3) is 0 Å². The molecule has 1 aromatic carbocycles. The first kappa shape index (κ1) is 17.7. The Morgan fingerprint density at radius 1 is 0.955 bits per heavy atom. The maximum Gasteiger partial charge on any atom is 0.316 e. The fourth-order valence-electron chi connectivity index (χ4n) is 1.73. The molecule has 0 aliphatic carbocycles. The summed E-state index contributed by atoms with van der Waals surface area (Å²) in [6, 6.07) is 7.09. The Morgan fingerprint density at radius 2 is 1.55 bits per heavy atom. The number of carbonyl (C=O) groups excluding carboxylic acids is 3. The van der Waals surface area contributed by atoms with E-state index in [0.29, 0.717) is 18.7 Å². The quantitative estimate of drug-likeness (QED) is 0.589. The van der Waals surface area contributed by atoms with Gasteiger partial charge in [0, 0.05) is 45.6 Å². The van der Waals surface area contributed by atoms with Crippen molar-refractivity contribution in [3.63, 3.8) is 0 Å². The molecular weight excluding hydrogens is 282 g/mol. The highest BCUT2D eigenvalue weighted by Crippen LogP contribution is 2.07. The van der Waals surface area contributed by atoms with Crippen LogP contribution in [0.1, 0.15) is 28.8 Å². The summed E-state index contributed by atoms with van der Waals surface area (Å²) in [4.78, 5) is 36.2. The normalized spacial score (nSPS) is 9.95. The van der Waals surface area contributed by atoms with E-state index in [2.05, 4.69) is 10.6 Å². The predicted octanol–water partition coefficient (Wildman–Crippen LogP) is 1.35.